The summed E-state index contributed by atoms with van der Waals surface area (Å²) in [6.07, 6.45) is 1.83. The first-order chi connectivity index (χ1) is 14.9. The summed E-state index contributed by atoms with van der Waals surface area (Å²) in [6.45, 7) is 2.75. The number of H-pyrrole nitrogens is 1. The Morgan fingerprint density at radius 1 is 1.19 bits per heavy atom. The van der Waals surface area contributed by atoms with Gasteiger partial charge in [0.25, 0.3) is 0 Å². The molecule has 0 amide bonds. The fourth-order valence-electron chi connectivity index (χ4n) is 2.88. The largest absolute Gasteiger partial charge is 0.474 e. The van der Waals surface area contributed by atoms with Crippen molar-refractivity contribution in [3.8, 4) is 6.01 Å². The van der Waals surface area contributed by atoms with Crippen LogP contribution in [0.15, 0.2) is 29.1 Å². The van der Waals surface area contributed by atoms with Crippen molar-refractivity contribution in [3.63, 3.8) is 0 Å². The molecule has 0 aliphatic heterocycles. The standard InChI is InChI=1S/C19H26N5O6P/c1-4-5-9-29-18-22-16(20)15-17(23-18)24(19(25)21-15)11-13-7-6-8-14(10-13)12-30-31(26,27-2)28-3/h6-8,10H,4-5,9,11-12H2,1-3H3,(H,21,25)(H2,20,22,23). The monoisotopic (exact) mass is 451 g/mol. The van der Waals surface area contributed by atoms with Crippen molar-refractivity contribution in [1.82, 2.24) is 19.5 Å². The molecule has 1 aromatic carbocycles. The Hall–Kier alpha value is -2.72. The molecule has 168 valence electrons. The maximum atomic E-state index is 12.5. The van der Waals surface area contributed by atoms with E-state index < -0.39 is 7.82 Å². The number of nitrogen functional groups attached to an aromatic ring is 1. The molecular weight excluding hydrogens is 425 g/mol. The van der Waals surface area contributed by atoms with Crippen LogP contribution in [0.4, 0.5) is 5.82 Å². The summed E-state index contributed by atoms with van der Waals surface area (Å²) in [5.74, 6) is 0.143. The number of nitrogens with zero attached hydrogens (tertiary/aromatic N) is 3. The lowest BCUT2D eigenvalue weighted by molar-refractivity contribution is 0.146. The molecule has 11 nitrogen and oxygen atoms in total. The highest BCUT2D eigenvalue weighted by Crippen LogP contribution is 2.48. The molecule has 3 aromatic rings. The number of hydrogen-bond donors (Lipinski definition) is 2. The van der Waals surface area contributed by atoms with Crippen LogP contribution in [-0.4, -0.2) is 40.3 Å². The normalized spacial score (nSPS) is 11.8. The van der Waals surface area contributed by atoms with E-state index in [2.05, 4.69) is 15.0 Å². The summed E-state index contributed by atoms with van der Waals surface area (Å²) in [4.78, 5) is 23.7. The maximum Gasteiger partial charge on any atom is 0.474 e. The highest BCUT2D eigenvalue weighted by atomic mass is 31.2. The summed E-state index contributed by atoms with van der Waals surface area (Å²) in [5, 5.41) is 0. The molecule has 2 aromatic heterocycles. The minimum Gasteiger partial charge on any atom is -0.463 e. The second-order valence-corrected chi connectivity index (χ2v) is 8.60. The summed E-state index contributed by atoms with van der Waals surface area (Å²) in [6, 6.07) is 7.41. The molecule has 2 heterocycles. The van der Waals surface area contributed by atoms with E-state index >= 15 is 0 Å². The number of benzene rings is 1. The van der Waals surface area contributed by atoms with Gasteiger partial charge in [0.1, 0.15) is 5.52 Å². The molecule has 0 spiro atoms. The molecule has 12 heteroatoms. The van der Waals surface area contributed by atoms with Crippen LogP contribution in [0.1, 0.15) is 30.9 Å². The first kappa shape index (κ1) is 23.0. The number of nitrogens with two attached hydrogens (primary N) is 1. The number of hydrogen-bond acceptors (Lipinski definition) is 9. The molecule has 0 aliphatic carbocycles. The number of phosphoric acid groups is 1. The molecule has 0 unspecified atom stereocenters. The lowest BCUT2D eigenvalue weighted by atomic mass is 10.1. The van der Waals surface area contributed by atoms with E-state index in [0.717, 1.165) is 24.0 Å². The van der Waals surface area contributed by atoms with Crippen molar-refractivity contribution in [1.29, 1.82) is 0 Å². The lowest BCUT2D eigenvalue weighted by Gasteiger charge is -2.13. The number of anilines is 1. The SMILES string of the molecule is CCCCOc1nc(N)c2[nH]c(=O)n(Cc3cccc(COP(=O)(OC)OC)c3)c2n1. The van der Waals surface area contributed by atoms with Crippen molar-refractivity contribution in [2.45, 2.75) is 32.9 Å². The molecule has 3 rings (SSSR count). The van der Waals surface area contributed by atoms with Crippen LogP contribution in [0.2, 0.25) is 0 Å². The first-order valence-electron chi connectivity index (χ1n) is 9.71. The third kappa shape index (κ3) is 5.50. The summed E-state index contributed by atoms with van der Waals surface area (Å²) < 4.78 is 33.9. The molecule has 0 bridgehead atoms. The maximum absolute atomic E-state index is 12.5. The smallest absolute Gasteiger partial charge is 0.463 e. The third-order valence-corrected chi connectivity index (χ3v) is 5.87. The number of nitrogens with one attached hydrogen (secondary N) is 1. The number of aromatic nitrogens is 4. The Bertz CT molecular complexity index is 1140. The highest BCUT2D eigenvalue weighted by molar-refractivity contribution is 7.48. The van der Waals surface area contributed by atoms with E-state index in [9.17, 15) is 9.36 Å². The predicted octanol–water partition coefficient (Wildman–Crippen LogP) is 2.85. The summed E-state index contributed by atoms with van der Waals surface area (Å²) in [7, 11) is -1.09. The third-order valence-electron chi connectivity index (χ3n) is 4.53. The van der Waals surface area contributed by atoms with E-state index in [1.165, 1.54) is 18.8 Å². The van der Waals surface area contributed by atoms with Gasteiger partial charge in [-0.2, -0.15) is 9.97 Å². The Labute approximate surface area is 179 Å². The van der Waals surface area contributed by atoms with E-state index in [0.29, 0.717) is 17.8 Å². The molecule has 0 fully saturated rings. The molecule has 0 saturated heterocycles. The zero-order valence-electron chi connectivity index (χ0n) is 17.7. The van der Waals surface area contributed by atoms with Gasteiger partial charge in [-0.1, -0.05) is 37.6 Å². The van der Waals surface area contributed by atoms with Crippen molar-refractivity contribution < 1.29 is 22.9 Å². The predicted molar refractivity (Wildman–Crippen MR) is 115 cm³/mol. The van der Waals surface area contributed by atoms with Gasteiger partial charge < -0.3 is 15.5 Å². The molecule has 0 aliphatic rings. The lowest BCUT2D eigenvalue weighted by Crippen LogP contribution is -2.18. The zero-order chi connectivity index (χ0) is 22.4. The van der Waals surface area contributed by atoms with Gasteiger partial charge in [0.15, 0.2) is 11.5 Å². The Morgan fingerprint density at radius 3 is 2.65 bits per heavy atom. The van der Waals surface area contributed by atoms with E-state index in [4.69, 9.17) is 24.0 Å². The van der Waals surface area contributed by atoms with Crippen LogP contribution >= 0.6 is 7.82 Å². The topological polar surface area (TPSA) is 144 Å². The molecule has 0 saturated carbocycles. The zero-order valence-corrected chi connectivity index (χ0v) is 18.6. The minimum atomic E-state index is -3.59. The summed E-state index contributed by atoms with van der Waals surface area (Å²) >= 11 is 0. The second-order valence-electron chi connectivity index (χ2n) is 6.71. The average molecular weight is 451 g/mol. The molecule has 31 heavy (non-hydrogen) atoms. The van der Waals surface area contributed by atoms with E-state index in [-0.39, 0.29) is 30.7 Å². The molecule has 3 N–H and O–H groups in total. The van der Waals surface area contributed by atoms with Crippen LogP contribution in [0.3, 0.4) is 0 Å². The number of imidazole rings is 1. The fraction of sp³-hybridized carbons (Fsp3) is 0.421. The molecule has 0 radical (unpaired) electrons. The minimum absolute atomic E-state index is 0.0140. The van der Waals surface area contributed by atoms with Gasteiger partial charge in [-0.05, 0) is 17.5 Å². The quantitative estimate of drug-likeness (QED) is 0.332. The van der Waals surface area contributed by atoms with Gasteiger partial charge in [0.05, 0.1) is 19.8 Å². The van der Waals surface area contributed by atoms with Crippen LogP contribution in [0.25, 0.3) is 11.2 Å². The Morgan fingerprint density at radius 2 is 1.94 bits per heavy atom. The number of phosphoric ester groups is 1. The average Bonchev–Trinajstić information content (AvgIpc) is 3.08. The summed E-state index contributed by atoms with van der Waals surface area (Å²) in [5.41, 5.74) is 7.87. The number of unbranched alkanes of at least 4 members (excludes halogenated alkanes) is 1. The second kappa shape index (κ2) is 10.1. The van der Waals surface area contributed by atoms with Crippen LogP contribution in [0, 0.1) is 0 Å². The van der Waals surface area contributed by atoms with Gasteiger partial charge in [-0.25, -0.2) is 9.36 Å². The fourth-order valence-corrected chi connectivity index (χ4v) is 3.55. The first-order valence-corrected chi connectivity index (χ1v) is 11.2. The number of aromatic amines is 1. The van der Waals surface area contributed by atoms with Crippen LogP contribution in [0.5, 0.6) is 6.01 Å². The van der Waals surface area contributed by atoms with Crippen molar-refractivity contribution in [2.24, 2.45) is 0 Å². The van der Waals surface area contributed by atoms with E-state index in [1.54, 1.807) is 12.1 Å². The van der Waals surface area contributed by atoms with Crippen LogP contribution in [-0.2, 0) is 31.3 Å². The van der Waals surface area contributed by atoms with Gasteiger partial charge >= 0.3 is 19.5 Å². The Balaban J connectivity index is 1.85. The van der Waals surface area contributed by atoms with E-state index in [1.807, 2.05) is 19.1 Å². The van der Waals surface area contributed by atoms with Gasteiger partial charge in [0.2, 0.25) is 0 Å². The van der Waals surface area contributed by atoms with Gasteiger partial charge in [0, 0.05) is 14.2 Å². The van der Waals surface area contributed by atoms with Crippen LogP contribution < -0.4 is 16.2 Å². The highest BCUT2D eigenvalue weighted by Gasteiger charge is 2.22. The van der Waals surface area contributed by atoms with Crippen molar-refractivity contribution in [3.05, 3.63) is 45.9 Å². The van der Waals surface area contributed by atoms with Gasteiger partial charge in [-0.3, -0.25) is 18.1 Å². The van der Waals surface area contributed by atoms with Crippen molar-refractivity contribution >= 4 is 24.8 Å². The molecular formula is C19H26N5O6P. The van der Waals surface area contributed by atoms with Crippen molar-refractivity contribution in [2.75, 3.05) is 26.6 Å². The Kier molecular flexibility index (Phi) is 7.45. The number of rotatable bonds is 11. The number of fused-ring (bicyclic) bond motifs is 1. The van der Waals surface area contributed by atoms with Gasteiger partial charge in [-0.15, -0.1) is 0 Å². The number of ether oxygens (including phenoxy) is 1. The molecule has 0 atom stereocenters.